The van der Waals surface area contributed by atoms with Crippen LogP contribution in [-0.4, -0.2) is 11.2 Å². The fraction of sp³-hybridized carbons (Fsp3) is 0.538. The lowest BCUT2D eigenvalue weighted by Gasteiger charge is -2.42. The van der Waals surface area contributed by atoms with Crippen LogP contribution in [0.3, 0.4) is 0 Å². The van der Waals surface area contributed by atoms with Crippen LogP contribution in [0, 0.1) is 11.8 Å². The highest BCUT2D eigenvalue weighted by molar-refractivity contribution is 5.49. The van der Waals surface area contributed by atoms with Gasteiger partial charge in [0.15, 0.2) is 0 Å². The van der Waals surface area contributed by atoms with E-state index in [0.29, 0.717) is 23.7 Å². The molecule has 14 heavy (non-hydrogen) atoms. The SMILES string of the molecule is OC1[C@H]2CC[C@@H]1[C@@H]1c3ccccc3[C@@H]12. The molecule has 2 bridgehead atoms. The van der Waals surface area contributed by atoms with Gasteiger partial charge < -0.3 is 5.11 Å². The molecule has 0 amide bonds. The quantitative estimate of drug-likeness (QED) is 0.659. The van der Waals surface area contributed by atoms with Gasteiger partial charge in [-0.15, -0.1) is 0 Å². The van der Waals surface area contributed by atoms with Crippen molar-refractivity contribution in [3.63, 3.8) is 0 Å². The first kappa shape index (κ1) is 7.47. The maximum atomic E-state index is 10.1. The summed E-state index contributed by atoms with van der Waals surface area (Å²) in [5, 5.41) is 10.1. The van der Waals surface area contributed by atoms with Crippen LogP contribution in [0.15, 0.2) is 24.3 Å². The first-order valence-electron chi connectivity index (χ1n) is 5.65. The van der Waals surface area contributed by atoms with Gasteiger partial charge in [-0.3, -0.25) is 0 Å². The van der Waals surface area contributed by atoms with Gasteiger partial charge in [0, 0.05) is 0 Å². The second-order valence-electron chi connectivity index (χ2n) is 5.08. The zero-order valence-corrected chi connectivity index (χ0v) is 8.06. The number of aliphatic hydroxyl groups excluding tert-OH is 1. The Morgan fingerprint density at radius 2 is 1.43 bits per heavy atom. The van der Waals surface area contributed by atoms with Crippen LogP contribution in [0.4, 0.5) is 0 Å². The Kier molecular flexibility index (Phi) is 1.18. The predicted molar refractivity (Wildman–Crippen MR) is 54.1 cm³/mol. The van der Waals surface area contributed by atoms with Crippen molar-refractivity contribution in [1.82, 2.24) is 0 Å². The van der Waals surface area contributed by atoms with E-state index in [0.717, 1.165) is 0 Å². The number of rotatable bonds is 0. The molecular formula is C13H14O. The van der Waals surface area contributed by atoms with Crippen molar-refractivity contribution in [2.24, 2.45) is 11.8 Å². The molecule has 0 saturated heterocycles. The first-order chi connectivity index (χ1) is 6.88. The summed E-state index contributed by atoms with van der Waals surface area (Å²) in [7, 11) is 0. The molecule has 72 valence electrons. The molecule has 3 aliphatic rings. The van der Waals surface area contributed by atoms with Gasteiger partial charge >= 0.3 is 0 Å². The van der Waals surface area contributed by atoms with Gasteiger partial charge in [-0.05, 0) is 47.6 Å². The first-order valence-corrected chi connectivity index (χ1v) is 5.65. The maximum Gasteiger partial charge on any atom is 0.0608 e. The van der Waals surface area contributed by atoms with Crippen LogP contribution in [0.25, 0.3) is 0 Å². The standard InChI is InChI=1S/C13H14O/c14-13-9-5-6-10(13)12-8-4-2-1-3-7(8)11(9)12/h1-4,9-14H,5-6H2/t9-,10+,11+,12-,13?. The van der Waals surface area contributed by atoms with Gasteiger partial charge in [-0.1, -0.05) is 24.3 Å². The zero-order chi connectivity index (χ0) is 9.28. The summed E-state index contributed by atoms with van der Waals surface area (Å²) in [6.45, 7) is 0. The summed E-state index contributed by atoms with van der Waals surface area (Å²) in [5.74, 6) is 2.58. The Hall–Kier alpha value is -0.820. The summed E-state index contributed by atoms with van der Waals surface area (Å²) in [5.41, 5.74) is 3.06. The van der Waals surface area contributed by atoms with E-state index in [1.807, 2.05) is 0 Å². The van der Waals surface area contributed by atoms with Crippen LogP contribution in [0.2, 0.25) is 0 Å². The number of hydrogen-bond acceptors (Lipinski definition) is 1. The van der Waals surface area contributed by atoms with E-state index in [4.69, 9.17) is 0 Å². The minimum absolute atomic E-state index is 0.00241. The highest BCUT2D eigenvalue weighted by Crippen LogP contribution is 2.67. The highest BCUT2D eigenvalue weighted by Gasteiger charge is 2.60. The van der Waals surface area contributed by atoms with Crippen molar-refractivity contribution < 1.29 is 5.11 Å². The molecule has 1 heteroatoms. The van der Waals surface area contributed by atoms with Gasteiger partial charge in [0.1, 0.15) is 0 Å². The molecule has 2 fully saturated rings. The Morgan fingerprint density at radius 3 is 1.93 bits per heavy atom. The van der Waals surface area contributed by atoms with Gasteiger partial charge in [-0.25, -0.2) is 0 Å². The fourth-order valence-electron chi connectivity index (χ4n) is 4.23. The third kappa shape index (κ3) is 0.621. The van der Waals surface area contributed by atoms with E-state index >= 15 is 0 Å². The zero-order valence-electron chi connectivity index (χ0n) is 8.06. The van der Waals surface area contributed by atoms with E-state index < -0.39 is 0 Å². The predicted octanol–water partition coefficient (Wildman–Crippen LogP) is 2.27. The molecule has 1 aromatic rings. The minimum atomic E-state index is -0.00241. The largest absolute Gasteiger partial charge is 0.393 e. The van der Waals surface area contributed by atoms with Crippen molar-refractivity contribution in [1.29, 1.82) is 0 Å². The summed E-state index contributed by atoms with van der Waals surface area (Å²) >= 11 is 0. The number of hydrogen-bond donors (Lipinski definition) is 1. The van der Waals surface area contributed by atoms with Gasteiger partial charge in [-0.2, -0.15) is 0 Å². The number of aliphatic hydroxyl groups is 1. The van der Waals surface area contributed by atoms with Crippen molar-refractivity contribution in [3.05, 3.63) is 35.4 Å². The molecule has 0 aromatic heterocycles. The van der Waals surface area contributed by atoms with Crippen molar-refractivity contribution in [2.75, 3.05) is 0 Å². The van der Waals surface area contributed by atoms with E-state index in [2.05, 4.69) is 24.3 Å². The second kappa shape index (κ2) is 2.22. The van der Waals surface area contributed by atoms with E-state index in [1.165, 1.54) is 24.0 Å². The number of fused-ring (bicyclic) bond motifs is 8. The van der Waals surface area contributed by atoms with Crippen LogP contribution in [0.1, 0.15) is 35.8 Å². The topological polar surface area (TPSA) is 20.2 Å². The van der Waals surface area contributed by atoms with Gasteiger partial charge in [0.25, 0.3) is 0 Å². The van der Waals surface area contributed by atoms with Crippen molar-refractivity contribution in [3.8, 4) is 0 Å². The molecule has 0 spiro atoms. The average molecular weight is 186 g/mol. The molecule has 1 N–H and O–H groups in total. The third-order valence-electron chi connectivity index (χ3n) is 4.73. The van der Waals surface area contributed by atoms with Crippen LogP contribution >= 0.6 is 0 Å². The normalized spacial score (nSPS) is 47.1. The molecule has 1 nitrogen and oxygen atoms in total. The molecule has 1 unspecified atom stereocenters. The molecule has 2 saturated carbocycles. The second-order valence-corrected chi connectivity index (χ2v) is 5.08. The van der Waals surface area contributed by atoms with Gasteiger partial charge in [0.2, 0.25) is 0 Å². The lowest BCUT2D eigenvalue weighted by Crippen LogP contribution is -2.29. The molecule has 0 heterocycles. The molecule has 0 radical (unpaired) electrons. The fourth-order valence-corrected chi connectivity index (χ4v) is 4.23. The Morgan fingerprint density at radius 1 is 0.929 bits per heavy atom. The summed E-state index contributed by atoms with van der Waals surface area (Å²) < 4.78 is 0. The van der Waals surface area contributed by atoms with Crippen LogP contribution < -0.4 is 0 Å². The van der Waals surface area contributed by atoms with Crippen molar-refractivity contribution >= 4 is 0 Å². The Bertz CT molecular complexity index is 361. The van der Waals surface area contributed by atoms with Gasteiger partial charge in [0.05, 0.1) is 6.10 Å². The third-order valence-corrected chi connectivity index (χ3v) is 4.73. The minimum Gasteiger partial charge on any atom is -0.393 e. The lowest BCUT2D eigenvalue weighted by molar-refractivity contribution is 0.125. The lowest BCUT2D eigenvalue weighted by atomic mass is 9.61. The molecule has 0 aliphatic heterocycles. The van der Waals surface area contributed by atoms with Crippen LogP contribution in [0.5, 0.6) is 0 Å². The maximum absolute atomic E-state index is 10.1. The highest BCUT2D eigenvalue weighted by atomic mass is 16.3. The van der Waals surface area contributed by atoms with E-state index in [9.17, 15) is 5.11 Å². The molecule has 1 aromatic carbocycles. The molecule has 3 aliphatic carbocycles. The summed E-state index contributed by atoms with van der Waals surface area (Å²) in [6.07, 6.45) is 2.50. The summed E-state index contributed by atoms with van der Waals surface area (Å²) in [4.78, 5) is 0. The Labute approximate surface area is 83.8 Å². The smallest absolute Gasteiger partial charge is 0.0608 e. The number of benzene rings is 1. The van der Waals surface area contributed by atoms with E-state index in [-0.39, 0.29) is 6.10 Å². The van der Waals surface area contributed by atoms with Crippen LogP contribution in [-0.2, 0) is 0 Å². The van der Waals surface area contributed by atoms with E-state index in [1.54, 1.807) is 0 Å². The molecule has 5 atom stereocenters. The Balaban J connectivity index is 1.88. The summed E-state index contributed by atoms with van der Waals surface area (Å²) in [6, 6.07) is 8.77. The average Bonchev–Trinajstić information content (AvgIpc) is 2.65. The molecule has 4 rings (SSSR count). The molecular weight excluding hydrogens is 172 g/mol. The monoisotopic (exact) mass is 186 g/mol. The van der Waals surface area contributed by atoms with Crippen molar-refractivity contribution in [2.45, 2.75) is 30.8 Å².